The number of anilines is 1. The quantitative estimate of drug-likeness (QED) is 0.271. The second-order valence-corrected chi connectivity index (χ2v) is 4.36. The molecule has 2 aromatic rings. The van der Waals surface area contributed by atoms with E-state index in [9.17, 15) is 5.11 Å². The molecule has 2 heterocycles. The SMILES string of the molecule is NNc1nc(SCC(O)CO)nc(-n2cncn2)n1. The lowest BCUT2D eigenvalue weighted by Gasteiger charge is -2.07. The summed E-state index contributed by atoms with van der Waals surface area (Å²) in [6, 6.07) is 0. The summed E-state index contributed by atoms with van der Waals surface area (Å²) in [4.78, 5) is 16.0. The van der Waals surface area contributed by atoms with Crippen molar-refractivity contribution in [3.63, 3.8) is 0 Å². The van der Waals surface area contributed by atoms with E-state index < -0.39 is 6.10 Å². The fourth-order valence-electron chi connectivity index (χ4n) is 1.11. The number of nitrogens with zero attached hydrogens (tertiary/aromatic N) is 6. The van der Waals surface area contributed by atoms with Gasteiger partial charge < -0.3 is 10.2 Å². The van der Waals surface area contributed by atoms with Crippen LogP contribution in [0.15, 0.2) is 17.8 Å². The van der Waals surface area contributed by atoms with Gasteiger partial charge in [-0.05, 0) is 0 Å². The van der Waals surface area contributed by atoms with Crippen molar-refractivity contribution in [2.45, 2.75) is 11.3 Å². The first-order valence-corrected chi connectivity index (χ1v) is 6.21. The van der Waals surface area contributed by atoms with E-state index in [0.29, 0.717) is 5.16 Å². The minimum Gasteiger partial charge on any atom is -0.394 e. The van der Waals surface area contributed by atoms with Crippen LogP contribution >= 0.6 is 11.8 Å². The van der Waals surface area contributed by atoms with Crippen LogP contribution in [0.2, 0.25) is 0 Å². The summed E-state index contributed by atoms with van der Waals surface area (Å²) in [5.74, 6) is 5.95. The lowest BCUT2D eigenvalue weighted by Crippen LogP contribution is -2.17. The number of aliphatic hydroxyl groups excluding tert-OH is 2. The molecule has 0 aliphatic heterocycles. The minimum absolute atomic E-state index is 0.168. The molecule has 2 rings (SSSR count). The highest BCUT2D eigenvalue weighted by Crippen LogP contribution is 2.16. The van der Waals surface area contributed by atoms with E-state index in [1.807, 2.05) is 0 Å². The first-order chi connectivity index (χ1) is 9.22. The maximum Gasteiger partial charge on any atom is 0.257 e. The number of hydrogen-bond acceptors (Lipinski definition) is 10. The smallest absolute Gasteiger partial charge is 0.257 e. The molecular formula is C8H12N8O2S. The Balaban J connectivity index is 2.21. The van der Waals surface area contributed by atoms with Crippen LogP contribution in [-0.4, -0.2) is 58.4 Å². The van der Waals surface area contributed by atoms with E-state index in [1.165, 1.54) is 17.3 Å². The van der Waals surface area contributed by atoms with Gasteiger partial charge in [0.05, 0.1) is 12.7 Å². The molecule has 0 saturated carbocycles. The van der Waals surface area contributed by atoms with Crippen LogP contribution in [-0.2, 0) is 0 Å². The molecule has 11 heteroatoms. The largest absolute Gasteiger partial charge is 0.394 e. The average Bonchev–Trinajstić information content (AvgIpc) is 2.98. The molecule has 1 atom stereocenters. The Labute approximate surface area is 112 Å². The molecule has 0 aromatic carbocycles. The first kappa shape index (κ1) is 13.6. The Bertz CT molecular complexity index is 521. The van der Waals surface area contributed by atoms with E-state index in [-0.39, 0.29) is 24.3 Å². The van der Waals surface area contributed by atoms with Gasteiger partial charge in [-0.25, -0.2) is 10.8 Å². The normalized spacial score (nSPS) is 12.4. The molecule has 0 fully saturated rings. The summed E-state index contributed by atoms with van der Waals surface area (Å²) in [7, 11) is 0. The van der Waals surface area contributed by atoms with E-state index >= 15 is 0 Å². The third kappa shape index (κ3) is 3.57. The zero-order chi connectivity index (χ0) is 13.7. The van der Waals surface area contributed by atoms with E-state index in [2.05, 4.69) is 30.5 Å². The Morgan fingerprint density at radius 3 is 2.89 bits per heavy atom. The van der Waals surface area contributed by atoms with Crippen LogP contribution in [0.1, 0.15) is 0 Å². The van der Waals surface area contributed by atoms with E-state index in [0.717, 1.165) is 11.8 Å². The Kier molecular flexibility index (Phi) is 4.57. The van der Waals surface area contributed by atoms with Gasteiger partial charge in [0.2, 0.25) is 5.95 Å². The monoisotopic (exact) mass is 284 g/mol. The van der Waals surface area contributed by atoms with Crippen LogP contribution in [0.3, 0.4) is 0 Å². The number of thioether (sulfide) groups is 1. The number of hydrazine groups is 1. The molecule has 0 aliphatic carbocycles. The van der Waals surface area contributed by atoms with Crippen LogP contribution in [0, 0.1) is 0 Å². The Morgan fingerprint density at radius 2 is 2.26 bits per heavy atom. The molecule has 10 nitrogen and oxygen atoms in total. The van der Waals surface area contributed by atoms with Crippen LogP contribution in [0.25, 0.3) is 5.95 Å². The number of hydrogen-bond donors (Lipinski definition) is 4. The highest BCUT2D eigenvalue weighted by molar-refractivity contribution is 7.99. The van der Waals surface area contributed by atoms with Crippen LogP contribution in [0.4, 0.5) is 5.95 Å². The molecule has 0 amide bonds. The molecule has 19 heavy (non-hydrogen) atoms. The third-order valence-electron chi connectivity index (χ3n) is 1.97. The van der Waals surface area contributed by atoms with Crippen molar-refractivity contribution in [1.82, 2.24) is 29.7 Å². The van der Waals surface area contributed by atoms with Gasteiger partial charge in [0.1, 0.15) is 12.7 Å². The summed E-state index contributed by atoms with van der Waals surface area (Å²) < 4.78 is 1.36. The molecule has 0 aliphatic rings. The number of nitrogens with one attached hydrogen (secondary N) is 1. The summed E-state index contributed by atoms with van der Waals surface area (Å²) in [5, 5.41) is 22.3. The third-order valence-corrected chi connectivity index (χ3v) is 2.96. The number of aromatic nitrogens is 6. The molecule has 0 bridgehead atoms. The fraction of sp³-hybridized carbons (Fsp3) is 0.375. The van der Waals surface area contributed by atoms with Gasteiger partial charge in [0.15, 0.2) is 5.16 Å². The van der Waals surface area contributed by atoms with Crippen molar-refractivity contribution in [2.75, 3.05) is 17.8 Å². The molecule has 5 N–H and O–H groups in total. The Morgan fingerprint density at radius 1 is 1.42 bits per heavy atom. The first-order valence-electron chi connectivity index (χ1n) is 5.22. The molecule has 0 saturated heterocycles. The number of nitrogen functional groups attached to an aromatic ring is 1. The predicted octanol–water partition coefficient (Wildman–Crippen LogP) is -1.82. The number of aliphatic hydroxyl groups is 2. The maximum atomic E-state index is 9.29. The maximum absolute atomic E-state index is 9.29. The standard InChI is InChI=1S/C8H12N8O2S/c9-15-6-12-7(16-4-10-3-11-16)14-8(13-6)19-2-5(18)1-17/h3-5,17-18H,1-2,9H2,(H,12,13,14,15). The molecule has 2 aromatic heterocycles. The highest BCUT2D eigenvalue weighted by atomic mass is 32.2. The number of rotatable bonds is 6. The van der Waals surface area contributed by atoms with Gasteiger partial charge in [-0.2, -0.15) is 24.7 Å². The second-order valence-electron chi connectivity index (χ2n) is 3.37. The highest BCUT2D eigenvalue weighted by Gasteiger charge is 2.10. The van der Waals surface area contributed by atoms with Crippen molar-refractivity contribution in [3.05, 3.63) is 12.7 Å². The molecular weight excluding hydrogens is 272 g/mol. The summed E-state index contributed by atoms with van der Waals surface area (Å²) in [6.07, 6.45) is 1.94. The zero-order valence-electron chi connectivity index (χ0n) is 9.71. The molecule has 0 radical (unpaired) electrons. The van der Waals surface area contributed by atoms with Gasteiger partial charge in [0.25, 0.3) is 5.95 Å². The van der Waals surface area contributed by atoms with Crippen LogP contribution < -0.4 is 11.3 Å². The fourth-order valence-corrected chi connectivity index (χ4v) is 1.86. The summed E-state index contributed by atoms with van der Waals surface area (Å²) in [6.45, 7) is -0.323. The van der Waals surface area contributed by atoms with Crippen molar-refractivity contribution < 1.29 is 10.2 Å². The van der Waals surface area contributed by atoms with Gasteiger partial charge in [-0.3, -0.25) is 5.43 Å². The van der Waals surface area contributed by atoms with Gasteiger partial charge in [-0.1, -0.05) is 11.8 Å². The topological polar surface area (TPSA) is 148 Å². The van der Waals surface area contributed by atoms with E-state index in [1.54, 1.807) is 0 Å². The molecule has 1 unspecified atom stereocenters. The van der Waals surface area contributed by atoms with Crippen LogP contribution in [0.5, 0.6) is 0 Å². The minimum atomic E-state index is -0.842. The van der Waals surface area contributed by atoms with Crippen molar-refractivity contribution in [3.8, 4) is 5.95 Å². The number of nitrogens with two attached hydrogens (primary N) is 1. The van der Waals surface area contributed by atoms with E-state index in [4.69, 9.17) is 10.9 Å². The van der Waals surface area contributed by atoms with Crippen molar-refractivity contribution in [1.29, 1.82) is 0 Å². The zero-order valence-corrected chi connectivity index (χ0v) is 10.5. The van der Waals surface area contributed by atoms with Gasteiger partial charge in [-0.15, -0.1) is 0 Å². The van der Waals surface area contributed by atoms with Gasteiger partial charge >= 0.3 is 0 Å². The summed E-state index contributed by atoms with van der Waals surface area (Å²) in [5.41, 5.74) is 2.32. The van der Waals surface area contributed by atoms with Crippen molar-refractivity contribution >= 4 is 17.7 Å². The lowest BCUT2D eigenvalue weighted by molar-refractivity contribution is 0.113. The average molecular weight is 284 g/mol. The summed E-state index contributed by atoms with van der Waals surface area (Å²) >= 11 is 1.16. The molecule has 0 spiro atoms. The second kappa shape index (κ2) is 6.38. The Hall–Kier alpha value is -1.82. The van der Waals surface area contributed by atoms with Crippen molar-refractivity contribution in [2.24, 2.45) is 5.84 Å². The molecule has 102 valence electrons. The predicted molar refractivity (Wildman–Crippen MR) is 66.4 cm³/mol. The van der Waals surface area contributed by atoms with Gasteiger partial charge in [0, 0.05) is 5.75 Å². The lowest BCUT2D eigenvalue weighted by atomic mass is 10.4.